The lowest BCUT2D eigenvalue weighted by molar-refractivity contribution is 0.0936. The van der Waals surface area contributed by atoms with Crippen molar-refractivity contribution in [3.8, 4) is 0 Å². The van der Waals surface area contributed by atoms with E-state index in [1.165, 1.54) is 25.3 Å². The van der Waals surface area contributed by atoms with Crippen LogP contribution in [0.2, 0.25) is 5.02 Å². The molecule has 1 aromatic heterocycles. The summed E-state index contributed by atoms with van der Waals surface area (Å²) in [6, 6.07) is 1.48. The number of hydrogen-bond donors (Lipinski definition) is 2. The highest BCUT2D eigenvalue weighted by molar-refractivity contribution is 6.31. The van der Waals surface area contributed by atoms with E-state index in [2.05, 4.69) is 17.2 Å². The van der Waals surface area contributed by atoms with Crippen LogP contribution < -0.4 is 10.9 Å². The van der Waals surface area contributed by atoms with Crippen LogP contribution in [0.3, 0.4) is 0 Å². The second-order valence-corrected chi connectivity index (χ2v) is 5.62. The molecule has 0 aromatic carbocycles. The Bertz CT molecular complexity index is 511. The van der Waals surface area contributed by atoms with Gasteiger partial charge in [-0.3, -0.25) is 9.59 Å². The van der Waals surface area contributed by atoms with Gasteiger partial charge < -0.3 is 10.3 Å². The number of amides is 1. The highest BCUT2D eigenvalue weighted by Crippen LogP contribution is 2.12. The number of hydrogen-bond acceptors (Lipinski definition) is 2. The molecule has 20 heavy (non-hydrogen) atoms. The van der Waals surface area contributed by atoms with Crippen LogP contribution in [0.4, 0.5) is 0 Å². The van der Waals surface area contributed by atoms with Crippen molar-refractivity contribution in [1.82, 2.24) is 10.3 Å². The maximum atomic E-state index is 12.0. The van der Waals surface area contributed by atoms with Crippen LogP contribution in [0.1, 0.15) is 62.0 Å². The number of nitrogens with one attached hydrogen (secondary N) is 2. The number of rotatable bonds is 7. The minimum absolute atomic E-state index is 0.0545. The van der Waals surface area contributed by atoms with E-state index in [1.807, 2.05) is 6.92 Å². The first-order chi connectivity index (χ1) is 9.45. The Kier molecular flexibility index (Phi) is 6.79. The first-order valence-corrected chi connectivity index (χ1v) is 7.53. The van der Waals surface area contributed by atoms with Crippen LogP contribution in [-0.2, 0) is 0 Å². The maximum absolute atomic E-state index is 12.0. The van der Waals surface area contributed by atoms with Crippen molar-refractivity contribution in [2.24, 2.45) is 0 Å². The zero-order valence-electron chi connectivity index (χ0n) is 12.4. The number of unbranched alkanes of at least 4 members (excludes halogenated alkanes) is 3. The van der Waals surface area contributed by atoms with Crippen molar-refractivity contribution in [2.45, 2.75) is 58.9 Å². The number of aromatic amines is 1. The van der Waals surface area contributed by atoms with Crippen molar-refractivity contribution >= 4 is 17.5 Å². The molecule has 1 atom stereocenters. The zero-order valence-corrected chi connectivity index (χ0v) is 13.1. The SMILES string of the molecule is CCCCCC[C@H](C)NC(=O)c1cc(Cl)c(C)[nH]c1=O. The molecule has 1 rings (SSSR count). The van der Waals surface area contributed by atoms with Gasteiger partial charge in [0.1, 0.15) is 5.56 Å². The van der Waals surface area contributed by atoms with E-state index < -0.39 is 5.56 Å². The highest BCUT2D eigenvalue weighted by Gasteiger charge is 2.14. The molecule has 0 aliphatic rings. The van der Waals surface area contributed by atoms with Gasteiger partial charge in [-0.15, -0.1) is 0 Å². The number of pyridine rings is 1. The summed E-state index contributed by atoms with van der Waals surface area (Å²) < 4.78 is 0. The van der Waals surface area contributed by atoms with Gasteiger partial charge in [0.15, 0.2) is 0 Å². The first-order valence-electron chi connectivity index (χ1n) is 7.16. The number of aromatic nitrogens is 1. The summed E-state index contributed by atoms with van der Waals surface area (Å²) in [6.45, 7) is 5.81. The average molecular weight is 299 g/mol. The molecule has 0 aliphatic heterocycles. The van der Waals surface area contributed by atoms with E-state index in [9.17, 15) is 9.59 Å². The Labute approximate surface area is 124 Å². The van der Waals surface area contributed by atoms with E-state index in [-0.39, 0.29) is 17.5 Å². The van der Waals surface area contributed by atoms with Gasteiger partial charge in [0.05, 0.1) is 5.02 Å². The van der Waals surface area contributed by atoms with Crippen molar-refractivity contribution < 1.29 is 4.79 Å². The minimum Gasteiger partial charge on any atom is -0.349 e. The Balaban J connectivity index is 2.58. The summed E-state index contributed by atoms with van der Waals surface area (Å²) in [5.41, 5.74) is 0.240. The molecule has 2 N–H and O–H groups in total. The Hall–Kier alpha value is -1.29. The summed E-state index contributed by atoms with van der Waals surface area (Å²) >= 11 is 5.93. The predicted octanol–water partition coefficient (Wildman–Crippen LogP) is 3.43. The standard InChI is InChI=1S/C15H23ClN2O2/c1-4-5-6-7-8-10(2)17-14(19)12-9-13(16)11(3)18-15(12)20/h9-10H,4-8H2,1-3H3,(H,17,19)(H,18,20)/t10-/m0/s1. The minimum atomic E-state index is -0.400. The van der Waals surface area contributed by atoms with E-state index >= 15 is 0 Å². The lowest BCUT2D eigenvalue weighted by Crippen LogP contribution is -2.36. The molecular formula is C15H23ClN2O2. The van der Waals surface area contributed by atoms with Crippen LogP contribution in [0.5, 0.6) is 0 Å². The number of carbonyl (C=O) groups excluding carboxylic acids is 1. The molecule has 0 saturated carbocycles. The van der Waals surface area contributed by atoms with Gasteiger partial charge in [0.25, 0.3) is 11.5 Å². The molecule has 0 saturated heterocycles. The third kappa shape index (κ3) is 5.00. The number of aryl methyl sites for hydroxylation is 1. The molecule has 112 valence electrons. The van der Waals surface area contributed by atoms with Crippen LogP contribution in [0.15, 0.2) is 10.9 Å². The lowest BCUT2D eigenvalue weighted by atomic mass is 10.1. The summed E-state index contributed by atoms with van der Waals surface area (Å²) in [5, 5.41) is 3.24. The molecule has 0 spiro atoms. The molecule has 0 radical (unpaired) electrons. The van der Waals surface area contributed by atoms with Gasteiger partial charge in [0, 0.05) is 11.7 Å². The van der Waals surface area contributed by atoms with Gasteiger partial charge in [-0.1, -0.05) is 44.2 Å². The van der Waals surface area contributed by atoms with Crippen molar-refractivity contribution in [3.63, 3.8) is 0 Å². The topological polar surface area (TPSA) is 62.0 Å². The summed E-state index contributed by atoms with van der Waals surface area (Å²) in [4.78, 5) is 26.4. The molecule has 1 amide bonds. The summed E-state index contributed by atoms with van der Waals surface area (Å²) in [5.74, 6) is -0.365. The molecule has 1 heterocycles. The van der Waals surface area contributed by atoms with Gasteiger partial charge >= 0.3 is 0 Å². The Morgan fingerprint density at radius 2 is 2.10 bits per heavy atom. The summed E-state index contributed by atoms with van der Waals surface area (Å²) in [7, 11) is 0. The van der Waals surface area contributed by atoms with Gasteiger partial charge in [0.2, 0.25) is 0 Å². The Morgan fingerprint density at radius 3 is 2.75 bits per heavy atom. The second-order valence-electron chi connectivity index (χ2n) is 5.21. The molecule has 0 unspecified atom stereocenters. The quantitative estimate of drug-likeness (QED) is 0.758. The molecule has 4 nitrogen and oxygen atoms in total. The van der Waals surface area contributed by atoms with Gasteiger partial charge in [-0.05, 0) is 26.3 Å². The van der Waals surface area contributed by atoms with E-state index in [0.717, 1.165) is 12.8 Å². The molecular weight excluding hydrogens is 276 g/mol. The number of halogens is 1. The van der Waals surface area contributed by atoms with Gasteiger partial charge in [-0.2, -0.15) is 0 Å². The average Bonchev–Trinajstić information content (AvgIpc) is 2.38. The normalized spacial score (nSPS) is 12.2. The van der Waals surface area contributed by atoms with E-state index in [4.69, 9.17) is 11.6 Å². The van der Waals surface area contributed by atoms with Crippen molar-refractivity contribution in [2.75, 3.05) is 0 Å². The second kappa shape index (κ2) is 8.10. The van der Waals surface area contributed by atoms with Crippen LogP contribution in [0.25, 0.3) is 0 Å². The van der Waals surface area contributed by atoms with Gasteiger partial charge in [-0.25, -0.2) is 0 Å². The zero-order chi connectivity index (χ0) is 15.1. The fourth-order valence-corrected chi connectivity index (χ4v) is 2.17. The Morgan fingerprint density at radius 1 is 1.40 bits per heavy atom. The molecule has 0 fully saturated rings. The highest BCUT2D eigenvalue weighted by atomic mass is 35.5. The lowest BCUT2D eigenvalue weighted by Gasteiger charge is -2.13. The molecule has 1 aromatic rings. The molecule has 5 heteroatoms. The third-order valence-electron chi connectivity index (χ3n) is 3.29. The number of carbonyl (C=O) groups is 1. The smallest absolute Gasteiger partial charge is 0.261 e. The maximum Gasteiger partial charge on any atom is 0.261 e. The van der Waals surface area contributed by atoms with Crippen LogP contribution >= 0.6 is 11.6 Å². The first kappa shape index (κ1) is 16.8. The summed E-state index contributed by atoms with van der Waals surface area (Å²) in [6.07, 6.45) is 5.59. The van der Waals surface area contributed by atoms with Crippen LogP contribution in [0, 0.1) is 6.92 Å². The fraction of sp³-hybridized carbons (Fsp3) is 0.600. The third-order valence-corrected chi connectivity index (χ3v) is 3.68. The van der Waals surface area contributed by atoms with Crippen molar-refractivity contribution in [3.05, 3.63) is 32.7 Å². The largest absolute Gasteiger partial charge is 0.349 e. The molecule has 0 bridgehead atoms. The van der Waals surface area contributed by atoms with Crippen molar-refractivity contribution in [1.29, 1.82) is 0 Å². The fourth-order valence-electron chi connectivity index (χ4n) is 2.02. The predicted molar refractivity (Wildman–Crippen MR) is 82.5 cm³/mol. The molecule has 0 aliphatic carbocycles. The van der Waals surface area contributed by atoms with E-state index in [1.54, 1.807) is 6.92 Å². The monoisotopic (exact) mass is 298 g/mol. The number of H-pyrrole nitrogens is 1. The van der Waals surface area contributed by atoms with Crippen LogP contribution in [-0.4, -0.2) is 16.9 Å². The van der Waals surface area contributed by atoms with E-state index in [0.29, 0.717) is 10.7 Å².